The molecule has 1 N–H and O–H groups in total. The van der Waals surface area contributed by atoms with Crippen molar-refractivity contribution >= 4 is 0 Å². The van der Waals surface area contributed by atoms with Gasteiger partial charge in [0.05, 0.1) is 20.3 Å². The van der Waals surface area contributed by atoms with Crippen molar-refractivity contribution in [2.75, 3.05) is 14.2 Å². The zero-order chi connectivity index (χ0) is 17.3. The number of fused-ring (bicyclic) bond motifs is 1. The van der Waals surface area contributed by atoms with Crippen LogP contribution in [0.2, 0.25) is 0 Å². The fourth-order valence-corrected chi connectivity index (χ4v) is 4.81. The molecule has 3 heteroatoms. The van der Waals surface area contributed by atoms with Gasteiger partial charge in [0.2, 0.25) is 0 Å². The molecule has 3 rings (SSSR count). The van der Waals surface area contributed by atoms with Gasteiger partial charge >= 0.3 is 0 Å². The first kappa shape index (κ1) is 17.3. The van der Waals surface area contributed by atoms with E-state index in [9.17, 15) is 5.11 Å². The number of hydrogen-bond acceptors (Lipinski definition) is 3. The zero-order valence-corrected chi connectivity index (χ0v) is 15.3. The number of benzene rings is 1. The van der Waals surface area contributed by atoms with Crippen molar-refractivity contribution in [2.24, 2.45) is 23.2 Å². The van der Waals surface area contributed by atoms with Crippen LogP contribution in [0.4, 0.5) is 0 Å². The first-order valence-corrected chi connectivity index (χ1v) is 9.07. The molecule has 1 fully saturated rings. The summed E-state index contributed by atoms with van der Waals surface area (Å²) in [6, 6.07) is 6.04. The third-order valence-electron chi connectivity index (χ3n) is 6.49. The fourth-order valence-electron chi connectivity index (χ4n) is 4.81. The predicted octanol–water partition coefficient (Wildman–Crippen LogP) is 4.24. The third-order valence-corrected chi connectivity index (χ3v) is 6.49. The maximum absolute atomic E-state index is 10.5. The van der Waals surface area contributed by atoms with Gasteiger partial charge in [-0.1, -0.05) is 32.4 Å². The van der Waals surface area contributed by atoms with Crippen LogP contribution in [0.1, 0.15) is 38.7 Å². The average molecular weight is 330 g/mol. The molecule has 0 bridgehead atoms. The zero-order valence-electron chi connectivity index (χ0n) is 15.3. The number of allylic oxidation sites excluding steroid dienone is 1. The quantitative estimate of drug-likeness (QED) is 0.840. The molecule has 0 radical (unpaired) electrons. The Morgan fingerprint density at radius 2 is 1.96 bits per heavy atom. The SMILES string of the molecule is COc1ccc(OC)c(C[C@@]2(C)[C@@H](C)C=C[C@H]3C(O)CCC[C@@H]32)c1. The van der Waals surface area contributed by atoms with Crippen LogP contribution < -0.4 is 9.47 Å². The first-order valence-electron chi connectivity index (χ1n) is 9.07. The lowest BCUT2D eigenvalue weighted by atomic mass is 9.54. The monoisotopic (exact) mass is 330 g/mol. The summed E-state index contributed by atoms with van der Waals surface area (Å²) in [6.07, 6.45) is 8.56. The molecule has 2 aliphatic rings. The molecular weight excluding hydrogens is 300 g/mol. The van der Waals surface area contributed by atoms with Gasteiger partial charge in [-0.15, -0.1) is 0 Å². The number of aliphatic hydroxyl groups excluding tert-OH is 1. The highest BCUT2D eigenvalue weighted by molar-refractivity contribution is 5.41. The molecule has 132 valence electrons. The van der Waals surface area contributed by atoms with E-state index in [0.717, 1.165) is 30.8 Å². The Balaban J connectivity index is 1.96. The van der Waals surface area contributed by atoms with Crippen LogP contribution >= 0.6 is 0 Å². The minimum Gasteiger partial charge on any atom is -0.497 e. The van der Waals surface area contributed by atoms with Crippen LogP contribution in [0.3, 0.4) is 0 Å². The van der Waals surface area contributed by atoms with E-state index in [2.05, 4.69) is 32.1 Å². The van der Waals surface area contributed by atoms with E-state index in [-0.39, 0.29) is 17.4 Å². The number of hydrogen-bond donors (Lipinski definition) is 1. The Kier molecular flexibility index (Phi) is 4.91. The molecule has 0 heterocycles. The number of rotatable bonds is 4. The minimum atomic E-state index is -0.195. The van der Waals surface area contributed by atoms with Gasteiger partial charge in [-0.3, -0.25) is 0 Å². The molecule has 24 heavy (non-hydrogen) atoms. The van der Waals surface area contributed by atoms with Crippen molar-refractivity contribution in [1.29, 1.82) is 0 Å². The first-order chi connectivity index (χ1) is 11.5. The van der Waals surface area contributed by atoms with Crippen LogP contribution in [0.5, 0.6) is 11.5 Å². The summed E-state index contributed by atoms with van der Waals surface area (Å²) in [5.41, 5.74) is 1.31. The van der Waals surface area contributed by atoms with Crippen LogP contribution in [-0.4, -0.2) is 25.4 Å². The maximum atomic E-state index is 10.5. The van der Waals surface area contributed by atoms with Gasteiger partial charge in [0, 0.05) is 5.92 Å². The fraction of sp³-hybridized carbons (Fsp3) is 0.619. The van der Waals surface area contributed by atoms with Crippen molar-refractivity contribution in [3.8, 4) is 11.5 Å². The van der Waals surface area contributed by atoms with Gasteiger partial charge in [-0.2, -0.15) is 0 Å². The van der Waals surface area contributed by atoms with Crippen molar-refractivity contribution < 1.29 is 14.6 Å². The predicted molar refractivity (Wildman–Crippen MR) is 96.5 cm³/mol. The molecule has 1 aromatic rings. The Morgan fingerprint density at radius 3 is 2.67 bits per heavy atom. The molecule has 5 atom stereocenters. The van der Waals surface area contributed by atoms with Crippen LogP contribution in [0.15, 0.2) is 30.4 Å². The molecule has 1 aromatic carbocycles. The van der Waals surface area contributed by atoms with E-state index in [4.69, 9.17) is 9.47 Å². The topological polar surface area (TPSA) is 38.7 Å². The molecule has 0 aromatic heterocycles. The van der Waals surface area contributed by atoms with Gasteiger partial charge in [-0.25, -0.2) is 0 Å². The smallest absolute Gasteiger partial charge is 0.122 e. The number of aliphatic hydroxyl groups is 1. The molecule has 0 spiro atoms. The lowest BCUT2D eigenvalue weighted by molar-refractivity contribution is -0.0229. The second-order valence-electron chi connectivity index (χ2n) is 7.72. The van der Waals surface area contributed by atoms with Crippen LogP contribution in [0, 0.1) is 23.2 Å². The Bertz CT molecular complexity index is 609. The Labute approximate surface area is 145 Å². The van der Waals surface area contributed by atoms with E-state index in [1.54, 1.807) is 14.2 Å². The molecule has 0 saturated heterocycles. The van der Waals surface area contributed by atoms with Gasteiger partial charge in [0.15, 0.2) is 0 Å². The van der Waals surface area contributed by atoms with E-state index in [1.165, 1.54) is 12.0 Å². The van der Waals surface area contributed by atoms with Crippen molar-refractivity contribution in [2.45, 2.75) is 45.6 Å². The summed E-state index contributed by atoms with van der Waals surface area (Å²) in [5, 5.41) is 10.5. The summed E-state index contributed by atoms with van der Waals surface area (Å²) >= 11 is 0. The van der Waals surface area contributed by atoms with Crippen molar-refractivity contribution in [3.63, 3.8) is 0 Å². The maximum Gasteiger partial charge on any atom is 0.122 e. The standard InChI is InChI=1S/C21H30O3/c1-14-8-10-17-18(6-5-7-19(17)22)21(14,2)13-15-12-16(23-3)9-11-20(15)24-4/h8-12,14,17-19,22H,5-7,13H2,1-4H3/t14-,17+,18-,19?,21-/m0/s1. The summed E-state index contributed by atoms with van der Waals surface area (Å²) in [7, 11) is 3.43. The summed E-state index contributed by atoms with van der Waals surface area (Å²) < 4.78 is 11.0. The highest BCUT2D eigenvalue weighted by Gasteiger charge is 2.47. The van der Waals surface area contributed by atoms with Crippen molar-refractivity contribution in [3.05, 3.63) is 35.9 Å². The highest BCUT2D eigenvalue weighted by atomic mass is 16.5. The summed E-state index contributed by atoms with van der Waals surface area (Å²) in [4.78, 5) is 0. The highest BCUT2D eigenvalue weighted by Crippen LogP contribution is 2.53. The lowest BCUT2D eigenvalue weighted by Gasteiger charge is -2.51. The molecule has 0 amide bonds. The minimum absolute atomic E-state index is 0.112. The summed E-state index contributed by atoms with van der Waals surface area (Å²) in [5.74, 6) is 3.06. The number of methoxy groups -OCH3 is 2. The van der Waals surface area contributed by atoms with Crippen LogP contribution in [-0.2, 0) is 6.42 Å². The average Bonchev–Trinajstić information content (AvgIpc) is 2.59. The van der Waals surface area contributed by atoms with E-state index >= 15 is 0 Å². The van der Waals surface area contributed by atoms with Gasteiger partial charge < -0.3 is 14.6 Å². The van der Waals surface area contributed by atoms with Gasteiger partial charge in [0.1, 0.15) is 11.5 Å². The second-order valence-corrected chi connectivity index (χ2v) is 7.72. The van der Waals surface area contributed by atoms with Gasteiger partial charge in [-0.05, 0) is 60.3 Å². The normalized spacial score (nSPS) is 35.4. The molecule has 1 unspecified atom stereocenters. The molecule has 2 aliphatic carbocycles. The molecule has 1 saturated carbocycles. The van der Waals surface area contributed by atoms with Crippen molar-refractivity contribution in [1.82, 2.24) is 0 Å². The lowest BCUT2D eigenvalue weighted by Crippen LogP contribution is -2.47. The Hall–Kier alpha value is -1.48. The van der Waals surface area contributed by atoms with E-state index in [1.807, 2.05) is 12.1 Å². The molecule has 3 nitrogen and oxygen atoms in total. The van der Waals surface area contributed by atoms with Gasteiger partial charge in [0.25, 0.3) is 0 Å². The second kappa shape index (κ2) is 6.79. The summed E-state index contributed by atoms with van der Waals surface area (Å²) in [6.45, 7) is 4.69. The Morgan fingerprint density at radius 1 is 1.17 bits per heavy atom. The number of ether oxygens (including phenoxy) is 2. The third kappa shape index (κ3) is 2.95. The largest absolute Gasteiger partial charge is 0.497 e. The van der Waals surface area contributed by atoms with E-state index in [0.29, 0.717) is 11.8 Å². The van der Waals surface area contributed by atoms with E-state index < -0.39 is 0 Å². The molecular formula is C21H30O3. The molecule has 0 aliphatic heterocycles. The van der Waals surface area contributed by atoms with Crippen LogP contribution in [0.25, 0.3) is 0 Å².